The van der Waals surface area contributed by atoms with Crippen LogP contribution in [0.4, 0.5) is 0 Å². The fraction of sp³-hybridized carbons (Fsp3) is 0.333. The summed E-state index contributed by atoms with van der Waals surface area (Å²) in [6.07, 6.45) is 2.91. The lowest BCUT2D eigenvalue weighted by Gasteiger charge is -2.32. The Kier molecular flexibility index (Phi) is 4.01. The second-order valence-corrected chi connectivity index (χ2v) is 4.77. The Balaban J connectivity index is 2.51. The normalized spacial score (nSPS) is 15.8. The summed E-state index contributed by atoms with van der Waals surface area (Å²) in [5, 5.41) is 2.03. The van der Waals surface area contributed by atoms with Crippen molar-refractivity contribution in [1.29, 1.82) is 0 Å². The van der Waals surface area contributed by atoms with E-state index in [-0.39, 0.29) is 0 Å². The van der Waals surface area contributed by atoms with Crippen LogP contribution in [0, 0.1) is 0 Å². The molecule has 2 atom stereocenters. The largest absolute Gasteiger partial charge is 0.373 e. The number of nitrogens with two attached hydrogens (primary N) is 1. The van der Waals surface area contributed by atoms with Gasteiger partial charge in [-0.25, -0.2) is 0 Å². The van der Waals surface area contributed by atoms with Gasteiger partial charge in [0.25, 0.3) is 5.91 Å². The fourth-order valence-corrected chi connectivity index (χ4v) is 2.28. The van der Waals surface area contributed by atoms with Gasteiger partial charge in [0, 0.05) is 32.0 Å². The van der Waals surface area contributed by atoms with Crippen LogP contribution >= 0.6 is 0 Å². The van der Waals surface area contributed by atoms with Crippen molar-refractivity contribution in [2.45, 2.75) is 18.6 Å². The van der Waals surface area contributed by atoms with E-state index in [1.807, 2.05) is 24.3 Å². The molecule has 0 aliphatic carbocycles. The maximum absolute atomic E-state index is 11.7. The molecule has 0 spiro atoms. The number of rotatable bonds is 5. The van der Waals surface area contributed by atoms with Crippen molar-refractivity contribution in [3.8, 4) is 0 Å². The lowest BCUT2D eigenvalue weighted by atomic mass is 9.90. The van der Waals surface area contributed by atoms with Crippen molar-refractivity contribution in [2.75, 3.05) is 14.2 Å². The van der Waals surface area contributed by atoms with Gasteiger partial charge in [-0.3, -0.25) is 9.78 Å². The lowest BCUT2D eigenvalue weighted by molar-refractivity contribution is -0.156. The van der Waals surface area contributed by atoms with Gasteiger partial charge in [0.15, 0.2) is 5.60 Å². The molecule has 5 heteroatoms. The topological polar surface area (TPSA) is 74.4 Å². The summed E-state index contributed by atoms with van der Waals surface area (Å²) >= 11 is 0. The highest BCUT2D eigenvalue weighted by Crippen LogP contribution is 2.33. The van der Waals surface area contributed by atoms with Crippen molar-refractivity contribution >= 4 is 16.7 Å². The van der Waals surface area contributed by atoms with Crippen LogP contribution in [0.1, 0.15) is 18.6 Å². The minimum absolute atomic E-state index is 0.571. The second-order valence-electron chi connectivity index (χ2n) is 4.77. The van der Waals surface area contributed by atoms with E-state index in [9.17, 15) is 4.79 Å². The summed E-state index contributed by atoms with van der Waals surface area (Å²) in [5.41, 5.74) is 5.04. The Morgan fingerprint density at radius 3 is 2.65 bits per heavy atom. The van der Waals surface area contributed by atoms with Gasteiger partial charge in [0.2, 0.25) is 0 Å². The van der Waals surface area contributed by atoms with Gasteiger partial charge in [-0.05, 0) is 30.0 Å². The molecule has 0 saturated heterocycles. The first-order valence-corrected chi connectivity index (χ1v) is 6.24. The molecule has 2 rings (SSSR count). The van der Waals surface area contributed by atoms with Crippen LogP contribution in [0.3, 0.4) is 0 Å². The number of hydrogen-bond acceptors (Lipinski definition) is 4. The molecule has 2 unspecified atom stereocenters. The Morgan fingerprint density at radius 1 is 1.30 bits per heavy atom. The van der Waals surface area contributed by atoms with Gasteiger partial charge in [-0.2, -0.15) is 0 Å². The zero-order valence-corrected chi connectivity index (χ0v) is 11.8. The first-order chi connectivity index (χ1) is 9.52. The summed E-state index contributed by atoms with van der Waals surface area (Å²) in [4.78, 5) is 15.8. The molecule has 20 heavy (non-hydrogen) atoms. The molecule has 2 N–H and O–H groups in total. The quantitative estimate of drug-likeness (QED) is 0.902. The molecule has 0 aliphatic heterocycles. The van der Waals surface area contributed by atoms with Crippen molar-refractivity contribution in [3.63, 3.8) is 0 Å². The minimum Gasteiger partial charge on any atom is -0.373 e. The summed E-state index contributed by atoms with van der Waals surface area (Å²) in [7, 11) is 2.97. The highest BCUT2D eigenvalue weighted by molar-refractivity contribution is 5.85. The smallest absolute Gasteiger partial charge is 0.252 e. The Labute approximate surface area is 117 Å². The van der Waals surface area contributed by atoms with Crippen LogP contribution in [0.15, 0.2) is 36.7 Å². The number of carbonyl (C=O) groups is 1. The first-order valence-electron chi connectivity index (χ1n) is 6.24. The average Bonchev–Trinajstić information content (AvgIpc) is 2.47. The molecular formula is C15H18N2O3. The van der Waals surface area contributed by atoms with Crippen molar-refractivity contribution in [2.24, 2.45) is 5.73 Å². The SMILES string of the molecule is COC(c1ccc2ccncc2c1)C(C)(OC)C(N)=O. The van der Waals surface area contributed by atoms with Crippen LogP contribution < -0.4 is 5.73 Å². The van der Waals surface area contributed by atoms with Gasteiger partial charge >= 0.3 is 0 Å². The standard InChI is InChI=1S/C15H18N2O3/c1-15(20-3,14(16)18)13(19-2)11-5-4-10-6-7-17-9-12(10)8-11/h4-9,13H,1-3H3,(H2,16,18). The molecule has 0 fully saturated rings. The monoisotopic (exact) mass is 274 g/mol. The zero-order chi connectivity index (χ0) is 14.8. The van der Waals surface area contributed by atoms with E-state index in [2.05, 4.69) is 4.98 Å². The average molecular weight is 274 g/mol. The number of primary amides is 1. The van der Waals surface area contributed by atoms with Crippen LogP contribution in [-0.4, -0.2) is 30.7 Å². The van der Waals surface area contributed by atoms with Crippen LogP contribution in [0.5, 0.6) is 0 Å². The van der Waals surface area contributed by atoms with Crippen molar-refractivity contribution in [3.05, 3.63) is 42.2 Å². The van der Waals surface area contributed by atoms with Gasteiger partial charge in [-0.15, -0.1) is 0 Å². The number of methoxy groups -OCH3 is 2. The van der Waals surface area contributed by atoms with E-state index in [1.165, 1.54) is 14.2 Å². The molecule has 5 nitrogen and oxygen atoms in total. The lowest BCUT2D eigenvalue weighted by Crippen LogP contribution is -2.48. The van der Waals surface area contributed by atoms with E-state index < -0.39 is 17.6 Å². The predicted molar refractivity (Wildman–Crippen MR) is 76.1 cm³/mol. The van der Waals surface area contributed by atoms with Gasteiger partial charge in [0.05, 0.1) is 0 Å². The molecule has 1 amide bonds. The highest BCUT2D eigenvalue weighted by atomic mass is 16.5. The summed E-state index contributed by atoms with van der Waals surface area (Å²) in [6.45, 7) is 1.62. The molecule has 0 aliphatic rings. The molecule has 2 aromatic rings. The molecule has 106 valence electrons. The summed E-state index contributed by atoms with van der Waals surface area (Å²) < 4.78 is 10.8. The molecule has 0 bridgehead atoms. The Hall–Kier alpha value is -1.98. The number of nitrogens with zero attached hydrogens (tertiary/aromatic N) is 1. The van der Waals surface area contributed by atoms with Gasteiger partial charge < -0.3 is 15.2 Å². The maximum atomic E-state index is 11.7. The third-order valence-electron chi connectivity index (χ3n) is 3.62. The predicted octanol–water partition coefficient (Wildman–Crippen LogP) is 1.81. The zero-order valence-electron chi connectivity index (χ0n) is 11.8. The van der Waals surface area contributed by atoms with Gasteiger partial charge in [-0.1, -0.05) is 12.1 Å². The molecular weight excluding hydrogens is 256 g/mol. The number of benzene rings is 1. The van der Waals surface area contributed by atoms with Crippen LogP contribution in [0.2, 0.25) is 0 Å². The molecule has 1 heterocycles. The van der Waals surface area contributed by atoms with E-state index in [0.29, 0.717) is 0 Å². The van der Waals surface area contributed by atoms with E-state index >= 15 is 0 Å². The number of fused-ring (bicyclic) bond motifs is 1. The minimum atomic E-state index is -1.23. The number of ether oxygens (including phenoxy) is 2. The Bertz CT molecular complexity index is 629. The van der Waals surface area contributed by atoms with E-state index in [4.69, 9.17) is 15.2 Å². The van der Waals surface area contributed by atoms with Crippen LogP contribution in [0.25, 0.3) is 10.8 Å². The van der Waals surface area contributed by atoms with Gasteiger partial charge in [0.1, 0.15) is 6.10 Å². The van der Waals surface area contributed by atoms with Crippen molar-refractivity contribution < 1.29 is 14.3 Å². The number of pyridine rings is 1. The molecule has 1 aromatic carbocycles. The number of amides is 1. The second kappa shape index (κ2) is 5.56. The molecule has 0 radical (unpaired) electrons. The molecule has 1 aromatic heterocycles. The van der Waals surface area contributed by atoms with Crippen LogP contribution in [-0.2, 0) is 14.3 Å². The molecule has 0 saturated carbocycles. The van der Waals surface area contributed by atoms with E-state index in [1.54, 1.807) is 19.3 Å². The fourth-order valence-electron chi connectivity index (χ4n) is 2.28. The number of hydrogen-bond donors (Lipinski definition) is 1. The van der Waals surface area contributed by atoms with Crippen molar-refractivity contribution in [1.82, 2.24) is 4.98 Å². The summed E-state index contributed by atoms with van der Waals surface area (Å²) in [6, 6.07) is 7.70. The maximum Gasteiger partial charge on any atom is 0.252 e. The third kappa shape index (κ3) is 2.37. The summed E-state index contributed by atoms with van der Waals surface area (Å²) in [5.74, 6) is -0.571. The number of aromatic nitrogens is 1. The first kappa shape index (κ1) is 14.4. The number of carbonyl (C=O) groups excluding carboxylic acids is 1. The third-order valence-corrected chi connectivity index (χ3v) is 3.62. The van der Waals surface area contributed by atoms with E-state index in [0.717, 1.165) is 16.3 Å². The highest BCUT2D eigenvalue weighted by Gasteiger charge is 2.41. The Morgan fingerprint density at radius 2 is 2.05 bits per heavy atom.